The fourth-order valence-corrected chi connectivity index (χ4v) is 1.56. The van der Waals surface area contributed by atoms with Crippen molar-refractivity contribution in [3.05, 3.63) is 0 Å². The molecule has 0 spiro atoms. The van der Waals surface area contributed by atoms with Crippen molar-refractivity contribution in [3.63, 3.8) is 0 Å². The van der Waals surface area contributed by atoms with Gasteiger partial charge in [-0.25, -0.2) is 4.79 Å². The molecule has 1 aliphatic heterocycles. The van der Waals surface area contributed by atoms with Gasteiger partial charge < -0.3 is 20.1 Å². The molecule has 1 rings (SSSR count). The lowest BCUT2D eigenvalue weighted by Crippen LogP contribution is -2.54. The van der Waals surface area contributed by atoms with E-state index in [0.717, 1.165) is 6.42 Å². The molecule has 0 bridgehead atoms. The van der Waals surface area contributed by atoms with Gasteiger partial charge in [0.25, 0.3) is 0 Å². The Morgan fingerprint density at radius 3 is 2.22 bits per heavy atom. The van der Waals surface area contributed by atoms with Gasteiger partial charge >= 0.3 is 6.09 Å². The van der Waals surface area contributed by atoms with Crippen LogP contribution >= 0.6 is 0 Å². The molecule has 5 heteroatoms. The van der Waals surface area contributed by atoms with Crippen LogP contribution in [0.3, 0.4) is 0 Å². The van der Waals surface area contributed by atoms with Crippen LogP contribution in [0.15, 0.2) is 0 Å². The Morgan fingerprint density at radius 2 is 1.89 bits per heavy atom. The van der Waals surface area contributed by atoms with Crippen LogP contribution < -0.4 is 5.73 Å². The van der Waals surface area contributed by atoms with Gasteiger partial charge in [-0.2, -0.15) is 0 Å². The van der Waals surface area contributed by atoms with Crippen molar-refractivity contribution in [3.8, 4) is 0 Å². The van der Waals surface area contributed by atoms with Gasteiger partial charge in [-0.05, 0) is 41.0 Å². The smallest absolute Gasteiger partial charge is 0.410 e. The van der Waals surface area contributed by atoms with Crippen LogP contribution in [0.4, 0.5) is 4.79 Å². The van der Waals surface area contributed by atoms with Crippen molar-refractivity contribution < 1.29 is 14.3 Å². The van der Waals surface area contributed by atoms with Gasteiger partial charge in [-0.3, -0.25) is 0 Å². The number of carbonyl (C=O) groups is 1. The lowest BCUT2D eigenvalue weighted by atomic mass is 10.0. The fourth-order valence-electron chi connectivity index (χ4n) is 1.56. The number of amides is 1. The molecule has 0 aromatic carbocycles. The first kappa shape index (κ1) is 15.2. The normalized spacial score (nSPS) is 17.2. The zero-order chi connectivity index (χ0) is 14.0. The monoisotopic (exact) mass is 258 g/mol. The maximum Gasteiger partial charge on any atom is 0.410 e. The van der Waals surface area contributed by atoms with Crippen molar-refractivity contribution in [1.29, 1.82) is 0 Å². The van der Waals surface area contributed by atoms with E-state index in [1.54, 1.807) is 4.90 Å². The third-order valence-corrected chi connectivity index (χ3v) is 2.69. The van der Waals surface area contributed by atoms with Crippen LogP contribution in [-0.2, 0) is 9.47 Å². The van der Waals surface area contributed by atoms with E-state index in [2.05, 4.69) is 0 Å². The van der Waals surface area contributed by atoms with Crippen LogP contribution in [0.2, 0.25) is 0 Å². The first-order valence-electron chi connectivity index (χ1n) is 6.45. The van der Waals surface area contributed by atoms with Crippen LogP contribution in [0.25, 0.3) is 0 Å². The molecule has 1 saturated heterocycles. The summed E-state index contributed by atoms with van der Waals surface area (Å²) in [5, 5.41) is 0. The second kappa shape index (κ2) is 5.45. The summed E-state index contributed by atoms with van der Waals surface area (Å²) in [4.78, 5) is 13.9. The minimum atomic E-state index is -0.474. The maximum atomic E-state index is 12.1. The second-order valence-corrected chi connectivity index (χ2v) is 6.60. The van der Waals surface area contributed by atoms with E-state index in [-0.39, 0.29) is 17.7 Å². The average molecular weight is 258 g/mol. The molecule has 1 heterocycles. The summed E-state index contributed by atoms with van der Waals surface area (Å²) < 4.78 is 10.6. The van der Waals surface area contributed by atoms with Crippen molar-refractivity contribution >= 4 is 6.09 Å². The molecular weight excluding hydrogens is 232 g/mol. The molecular formula is C13H26N2O3. The van der Waals surface area contributed by atoms with Crippen molar-refractivity contribution in [2.24, 2.45) is 5.73 Å². The predicted octanol–water partition coefficient (Wildman–Crippen LogP) is 1.75. The van der Waals surface area contributed by atoms with Crippen molar-refractivity contribution in [1.82, 2.24) is 4.90 Å². The fraction of sp³-hybridized carbons (Fsp3) is 0.923. The molecule has 18 heavy (non-hydrogen) atoms. The highest BCUT2D eigenvalue weighted by Gasteiger charge is 2.33. The van der Waals surface area contributed by atoms with E-state index in [1.165, 1.54) is 0 Å². The molecule has 1 aliphatic rings. The Labute approximate surface area is 110 Å². The molecule has 0 aliphatic carbocycles. The van der Waals surface area contributed by atoms with Crippen LogP contribution in [0, 0.1) is 0 Å². The summed E-state index contributed by atoms with van der Waals surface area (Å²) in [6.07, 6.45) is 0.461. The van der Waals surface area contributed by atoms with E-state index in [9.17, 15) is 4.79 Å². The number of nitrogens with two attached hydrogens (primary N) is 1. The topological polar surface area (TPSA) is 64.8 Å². The molecule has 0 unspecified atom stereocenters. The standard InChI is InChI=1S/C13H26N2O3/c1-12(2,3)18-11(16)15(10-8-17-9-10)7-6-13(4,5)14/h10H,6-9,14H2,1-5H3. The molecule has 5 nitrogen and oxygen atoms in total. The van der Waals surface area contributed by atoms with Gasteiger partial charge in [0.05, 0.1) is 19.3 Å². The zero-order valence-corrected chi connectivity index (χ0v) is 12.2. The van der Waals surface area contributed by atoms with Gasteiger partial charge in [0, 0.05) is 12.1 Å². The van der Waals surface area contributed by atoms with Gasteiger partial charge in [0.2, 0.25) is 0 Å². The van der Waals surface area contributed by atoms with Gasteiger partial charge in [0.1, 0.15) is 5.60 Å². The molecule has 0 aromatic rings. The Morgan fingerprint density at radius 1 is 1.33 bits per heavy atom. The molecule has 1 fully saturated rings. The largest absolute Gasteiger partial charge is 0.444 e. The Hall–Kier alpha value is -0.810. The molecule has 106 valence electrons. The zero-order valence-electron chi connectivity index (χ0n) is 12.2. The summed E-state index contributed by atoms with van der Waals surface area (Å²) in [6.45, 7) is 11.3. The number of ether oxygens (including phenoxy) is 2. The van der Waals surface area contributed by atoms with E-state index in [4.69, 9.17) is 15.2 Å². The van der Waals surface area contributed by atoms with E-state index < -0.39 is 5.60 Å². The molecule has 0 radical (unpaired) electrons. The quantitative estimate of drug-likeness (QED) is 0.834. The van der Waals surface area contributed by atoms with E-state index in [0.29, 0.717) is 19.8 Å². The summed E-state index contributed by atoms with van der Waals surface area (Å²) in [6, 6.07) is 0.127. The highest BCUT2D eigenvalue weighted by molar-refractivity contribution is 5.68. The Bertz CT molecular complexity index is 288. The number of hydrogen-bond donors (Lipinski definition) is 1. The Balaban J connectivity index is 2.58. The van der Waals surface area contributed by atoms with Crippen molar-refractivity contribution in [2.45, 2.75) is 58.2 Å². The second-order valence-electron chi connectivity index (χ2n) is 6.60. The minimum absolute atomic E-state index is 0.127. The van der Waals surface area contributed by atoms with Crippen LogP contribution in [0.5, 0.6) is 0 Å². The number of nitrogens with zero attached hydrogens (tertiary/aromatic N) is 1. The third-order valence-electron chi connectivity index (χ3n) is 2.69. The molecule has 0 aromatic heterocycles. The number of hydrogen-bond acceptors (Lipinski definition) is 4. The summed E-state index contributed by atoms with van der Waals surface area (Å²) >= 11 is 0. The SMILES string of the molecule is CC(C)(N)CCN(C(=O)OC(C)(C)C)C1COC1. The van der Waals surface area contributed by atoms with E-state index >= 15 is 0 Å². The number of rotatable bonds is 4. The first-order valence-corrected chi connectivity index (χ1v) is 6.45. The summed E-state index contributed by atoms with van der Waals surface area (Å²) in [5.74, 6) is 0. The molecule has 2 N–H and O–H groups in total. The molecule has 0 saturated carbocycles. The number of carbonyl (C=O) groups excluding carboxylic acids is 1. The molecule has 1 amide bonds. The first-order chi connectivity index (χ1) is 8.08. The minimum Gasteiger partial charge on any atom is -0.444 e. The maximum absolute atomic E-state index is 12.1. The van der Waals surface area contributed by atoms with Crippen molar-refractivity contribution in [2.75, 3.05) is 19.8 Å². The Kier molecular flexibility index (Phi) is 4.61. The average Bonchev–Trinajstić information content (AvgIpc) is 2.03. The van der Waals surface area contributed by atoms with Gasteiger partial charge in [-0.15, -0.1) is 0 Å². The summed E-state index contributed by atoms with van der Waals surface area (Å²) in [5.41, 5.74) is 5.20. The van der Waals surface area contributed by atoms with Crippen LogP contribution in [-0.4, -0.2) is 47.9 Å². The lowest BCUT2D eigenvalue weighted by molar-refractivity contribution is -0.0714. The lowest BCUT2D eigenvalue weighted by Gasteiger charge is -2.39. The highest BCUT2D eigenvalue weighted by Crippen LogP contribution is 2.18. The molecule has 0 atom stereocenters. The van der Waals surface area contributed by atoms with Crippen LogP contribution in [0.1, 0.15) is 41.0 Å². The van der Waals surface area contributed by atoms with Gasteiger partial charge in [-0.1, -0.05) is 0 Å². The highest BCUT2D eigenvalue weighted by atomic mass is 16.6. The third kappa shape index (κ3) is 5.23. The van der Waals surface area contributed by atoms with Gasteiger partial charge in [0.15, 0.2) is 0 Å². The summed E-state index contributed by atoms with van der Waals surface area (Å²) in [7, 11) is 0. The van der Waals surface area contributed by atoms with E-state index in [1.807, 2.05) is 34.6 Å². The predicted molar refractivity (Wildman–Crippen MR) is 70.4 cm³/mol.